The first-order valence-electron chi connectivity index (χ1n) is 12.2. The van der Waals surface area contributed by atoms with E-state index in [1.54, 1.807) is 37.4 Å². The maximum absolute atomic E-state index is 13.3. The Morgan fingerprint density at radius 2 is 1.92 bits per heavy atom. The second-order valence-corrected chi connectivity index (χ2v) is 9.37. The number of amides is 1. The van der Waals surface area contributed by atoms with Gasteiger partial charge in [0.05, 0.1) is 24.8 Å². The summed E-state index contributed by atoms with van der Waals surface area (Å²) in [6, 6.07) is 9.85. The molecule has 1 amide bonds. The number of hydrogen-bond acceptors (Lipinski definition) is 7. The van der Waals surface area contributed by atoms with E-state index in [1.165, 1.54) is 12.0 Å². The smallest absolute Gasteiger partial charge is 0.295 e. The number of carbonyl (C=O) groups is 2. The largest absolute Gasteiger partial charge is 0.507 e. The van der Waals surface area contributed by atoms with Crippen LogP contribution in [0.5, 0.6) is 17.2 Å². The first kappa shape index (κ1) is 25.6. The fraction of sp³-hybridized carbons (Fsp3) is 0.429. The van der Waals surface area contributed by atoms with Gasteiger partial charge >= 0.3 is 0 Å². The predicted molar refractivity (Wildman–Crippen MR) is 134 cm³/mol. The van der Waals surface area contributed by atoms with E-state index in [0.29, 0.717) is 48.6 Å². The molecule has 0 bridgehead atoms. The highest BCUT2D eigenvalue weighted by Crippen LogP contribution is 2.43. The second kappa shape index (κ2) is 10.6. The monoisotopic (exact) mass is 495 g/mol. The number of benzene rings is 2. The topological polar surface area (TPSA) is 94.5 Å². The van der Waals surface area contributed by atoms with Gasteiger partial charge in [0.15, 0.2) is 11.5 Å². The molecule has 2 heterocycles. The molecule has 0 radical (unpaired) electrons. The van der Waals surface area contributed by atoms with E-state index in [2.05, 4.69) is 0 Å². The minimum atomic E-state index is -0.785. The number of aliphatic hydroxyl groups is 1. The number of carbonyl (C=O) groups excluding carboxylic acids is 2. The molecule has 2 aromatic rings. The summed E-state index contributed by atoms with van der Waals surface area (Å²) < 4.78 is 22.3. The van der Waals surface area contributed by atoms with E-state index >= 15 is 0 Å². The fourth-order valence-electron chi connectivity index (χ4n) is 4.77. The zero-order valence-corrected chi connectivity index (χ0v) is 21.4. The normalized spacial score (nSPS) is 20.6. The van der Waals surface area contributed by atoms with Gasteiger partial charge in [0.2, 0.25) is 0 Å². The van der Waals surface area contributed by atoms with Crippen LogP contribution in [0.15, 0.2) is 42.0 Å². The Morgan fingerprint density at radius 1 is 1.14 bits per heavy atom. The standard InChI is InChI=1S/C28H33NO7/c1-16(2)35-22-10-7-18(15-23(22)34-5)25-24(27(31)28(32)29(25)11-6-12-33-4)26(30)19-8-9-21-20(14-19)13-17(3)36-21/h7-10,14-17,25,30H,6,11-13H2,1-5H3/b26-24+. The number of Topliss-reactive ketones (excluding diaryl/α,β-unsaturated/α-hetero) is 1. The molecule has 8 nitrogen and oxygen atoms in total. The molecule has 192 valence electrons. The van der Waals surface area contributed by atoms with Crippen molar-refractivity contribution in [3.8, 4) is 17.2 Å². The Kier molecular flexibility index (Phi) is 7.54. The SMILES string of the molecule is COCCCN1C(=O)C(=O)/C(=C(/O)c2ccc3c(c2)CC(C)O3)C1c1ccc(OC(C)C)c(OC)c1. The lowest BCUT2D eigenvalue weighted by atomic mass is 9.94. The van der Waals surface area contributed by atoms with Crippen molar-refractivity contribution in [3.63, 3.8) is 0 Å². The molecule has 2 unspecified atom stereocenters. The Labute approximate surface area is 211 Å². The first-order valence-corrected chi connectivity index (χ1v) is 12.2. The quantitative estimate of drug-likeness (QED) is 0.240. The van der Waals surface area contributed by atoms with E-state index in [1.807, 2.05) is 26.8 Å². The Bertz CT molecular complexity index is 1190. The van der Waals surface area contributed by atoms with Gasteiger partial charge in [-0.1, -0.05) is 6.07 Å². The summed E-state index contributed by atoms with van der Waals surface area (Å²) in [6.45, 7) is 6.54. The zero-order valence-electron chi connectivity index (χ0n) is 21.4. The average molecular weight is 496 g/mol. The number of ether oxygens (including phenoxy) is 4. The Morgan fingerprint density at radius 3 is 2.61 bits per heavy atom. The zero-order chi connectivity index (χ0) is 26.0. The molecule has 1 saturated heterocycles. The van der Waals surface area contributed by atoms with Crippen molar-refractivity contribution in [2.75, 3.05) is 27.4 Å². The van der Waals surface area contributed by atoms with Crippen LogP contribution in [0.4, 0.5) is 0 Å². The van der Waals surface area contributed by atoms with Gasteiger partial charge in [-0.15, -0.1) is 0 Å². The van der Waals surface area contributed by atoms with Crippen LogP contribution in [0.2, 0.25) is 0 Å². The molecule has 1 fully saturated rings. The molecule has 0 saturated carbocycles. The maximum atomic E-state index is 13.3. The minimum Gasteiger partial charge on any atom is -0.507 e. The van der Waals surface area contributed by atoms with E-state index in [-0.39, 0.29) is 23.5 Å². The number of methoxy groups -OCH3 is 2. The number of aliphatic hydroxyl groups excluding tert-OH is 1. The molecular formula is C28H33NO7. The van der Waals surface area contributed by atoms with E-state index in [4.69, 9.17) is 18.9 Å². The van der Waals surface area contributed by atoms with Gasteiger partial charge in [-0.2, -0.15) is 0 Å². The molecule has 1 N–H and O–H groups in total. The molecule has 0 spiro atoms. The average Bonchev–Trinajstić information content (AvgIpc) is 3.34. The van der Waals surface area contributed by atoms with Gasteiger partial charge in [0.25, 0.3) is 11.7 Å². The summed E-state index contributed by atoms with van der Waals surface area (Å²) in [6.07, 6.45) is 1.23. The molecule has 2 atom stereocenters. The van der Waals surface area contributed by atoms with Gasteiger partial charge < -0.3 is 29.0 Å². The van der Waals surface area contributed by atoms with Crippen LogP contribution in [-0.2, 0) is 20.7 Å². The van der Waals surface area contributed by atoms with Crippen molar-refractivity contribution in [3.05, 3.63) is 58.7 Å². The molecule has 0 aliphatic carbocycles. The number of nitrogens with zero attached hydrogens (tertiary/aromatic N) is 1. The van der Waals surface area contributed by atoms with Crippen molar-refractivity contribution in [1.29, 1.82) is 0 Å². The third-order valence-corrected chi connectivity index (χ3v) is 6.32. The predicted octanol–water partition coefficient (Wildman–Crippen LogP) is 4.26. The van der Waals surface area contributed by atoms with Crippen LogP contribution in [0.1, 0.15) is 49.9 Å². The van der Waals surface area contributed by atoms with Crippen LogP contribution < -0.4 is 14.2 Å². The van der Waals surface area contributed by atoms with Gasteiger partial charge in [-0.05, 0) is 68.7 Å². The van der Waals surface area contributed by atoms with E-state index in [9.17, 15) is 14.7 Å². The summed E-state index contributed by atoms with van der Waals surface area (Å²) >= 11 is 0. The van der Waals surface area contributed by atoms with Crippen LogP contribution in [0, 0.1) is 0 Å². The number of likely N-dealkylation sites (tertiary alicyclic amines) is 1. The van der Waals surface area contributed by atoms with Crippen molar-refractivity contribution >= 4 is 17.4 Å². The molecule has 2 aliphatic rings. The molecule has 36 heavy (non-hydrogen) atoms. The summed E-state index contributed by atoms with van der Waals surface area (Å²) in [7, 11) is 3.12. The van der Waals surface area contributed by atoms with E-state index in [0.717, 1.165) is 11.3 Å². The molecule has 2 aliphatic heterocycles. The van der Waals surface area contributed by atoms with Gasteiger partial charge in [-0.3, -0.25) is 9.59 Å². The molecular weight excluding hydrogens is 462 g/mol. The highest BCUT2D eigenvalue weighted by atomic mass is 16.5. The fourth-order valence-corrected chi connectivity index (χ4v) is 4.77. The highest BCUT2D eigenvalue weighted by molar-refractivity contribution is 6.46. The van der Waals surface area contributed by atoms with Gasteiger partial charge in [-0.25, -0.2) is 0 Å². The molecule has 2 aromatic carbocycles. The lowest BCUT2D eigenvalue weighted by molar-refractivity contribution is -0.140. The highest BCUT2D eigenvalue weighted by Gasteiger charge is 2.46. The van der Waals surface area contributed by atoms with Crippen molar-refractivity contribution in [2.24, 2.45) is 0 Å². The Hall–Kier alpha value is -3.52. The third-order valence-electron chi connectivity index (χ3n) is 6.32. The Balaban J connectivity index is 1.82. The molecule has 0 aromatic heterocycles. The number of hydrogen-bond donors (Lipinski definition) is 1. The maximum Gasteiger partial charge on any atom is 0.295 e. The van der Waals surface area contributed by atoms with Crippen molar-refractivity contribution in [2.45, 2.75) is 51.9 Å². The second-order valence-electron chi connectivity index (χ2n) is 9.37. The lowest BCUT2D eigenvalue weighted by Gasteiger charge is -2.26. The summed E-state index contributed by atoms with van der Waals surface area (Å²) in [5, 5.41) is 11.4. The minimum absolute atomic E-state index is 0.0443. The van der Waals surface area contributed by atoms with Crippen molar-refractivity contribution < 1.29 is 33.6 Å². The van der Waals surface area contributed by atoms with E-state index < -0.39 is 17.7 Å². The van der Waals surface area contributed by atoms with Crippen LogP contribution in [-0.4, -0.2) is 61.3 Å². The van der Waals surface area contributed by atoms with Crippen molar-refractivity contribution in [1.82, 2.24) is 4.90 Å². The molecule has 4 rings (SSSR count). The molecule has 8 heteroatoms. The first-order chi connectivity index (χ1) is 17.2. The number of fused-ring (bicyclic) bond motifs is 1. The van der Waals surface area contributed by atoms with Gasteiger partial charge in [0.1, 0.15) is 17.6 Å². The lowest BCUT2D eigenvalue weighted by Crippen LogP contribution is -2.31. The third kappa shape index (κ3) is 4.91. The van der Waals surface area contributed by atoms with Crippen LogP contribution in [0.3, 0.4) is 0 Å². The summed E-state index contributed by atoms with van der Waals surface area (Å²) in [5.41, 5.74) is 2.11. The summed E-state index contributed by atoms with van der Waals surface area (Å²) in [5.74, 6) is 0.212. The number of rotatable bonds is 9. The van der Waals surface area contributed by atoms with Crippen LogP contribution in [0.25, 0.3) is 5.76 Å². The van der Waals surface area contributed by atoms with Gasteiger partial charge in [0, 0.05) is 32.2 Å². The number of ketones is 1. The summed E-state index contributed by atoms with van der Waals surface area (Å²) in [4.78, 5) is 27.9. The van der Waals surface area contributed by atoms with Crippen LogP contribution >= 0.6 is 0 Å².